The van der Waals surface area contributed by atoms with Gasteiger partial charge < -0.3 is 0 Å². The Morgan fingerprint density at radius 2 is 1.42 bits per heavy atom. The fourth-order valence-electron chi connectivity index (χ4n) is 5.77. The maximum absolute atomic E-state index is 4.00. The third-order valence-corrected chi connectivity index (χ3v) is 9.56. The molecule has 38 heavy (non-hydrogen) atoms. The molecule has 1 heteroatoms. The van der Waals surface area contributed by atoms with E-state index in [2.05, 4.69) is 122 Å². The van der Waals surface area contributed by atoms with Crippen LogP contribution in [0.15, 0.2) is 66.3 Å². The zero-order valence-corrected chi connectivity index (χ0v) is 25.5. The molecule has 0 aromatic heterocycles. The van der Waals surface area contributed by atoms with E-state index in [0.717, 1.165) is 34.3 Å². The van der Waals surface area contributed by atoms with Gasteiger partial charge in [0.1, 0.15) is 0 Å². The molecule has 0 nitrogen and oxygen atoms in total. The van der Waals surface area contributed by atoms with Crippen LogP contribution < -0.4 is 5.30 Å². The normalized spacial score (nSPS) is 16.1. The molecule has 0 saturated carbocycles. The van der Waals surface area contributed by atoms with Crippen LogP contribution in [-0.4, -0.2) is 6.16 Å². The lowest BCUT2D eigenvalue weighted by molar-refractivity contribution is 0.937. The zero-order chi connectivity index (χ0) is 27.8. The number of allylic oxidation sites excluding steroid dienone is 4. The number of hydrogen-bond acceptors (Lipinski definition) is 0. The van der Waals surface area contributed by atoms with Crippen molar-refractivity contribution in [3.63, 3.8) is 0 Å². The molecule has 2 aliphatic rings. The third kappa shape index (κ3) is 6.76. The summed E-state index contributed by atoms with van der Waals surface area (Å²) in [6.07, 6.45) is 18.4. The van der Waals surface area contributed by atoms with Crippen molar-refractivity contribution in [1.29, 1.82) is 0 Å². The summed E-state index contributed by atoms with van der Waals surface area (Å²) < 4.78 is 0. The smallest absolute Gasteiger partial charge is 0.0136 e. The van der Waals surface area contributed by atoms with E-state index in [0.29, 0.717) is 5.92 Å². The summed E-state index contributed by atoms with van der Waals surface area (Å²) in [6, 6.07) is 18.8. The van der Waals surface area contributed by atoms with Crippen molar-refractivity contribution in [3.05, 3.63) is 116 Å². The molecule has 1 aliphatic heterocycles. The number of terminal acetylenes is 1. The van der Waals surface area contributed by atoms with E-state index < -0.39 is 0 Å². The maximum Gasteiger partial charge on any atom is 0.0136 e. The van der Waals surface area contributed by atoms with Gasteiger partial charge in [-0.1, -0.05) is 101 Å². The average Bonchev–Trinajstić information content (AvgIpc) is 3.56. The first kappa shape index (κ1) is 29.7. The summed E-state index contributed by atoms with van der Waals surface area (Å²) in [7, 11) is 0.949. The Balaban J connectivity index is 0.000000280. The molecular weight excluding hydrogens is 475 g/mol. The van der Waals surface area contributed by atoms with Gasteiger partial charge in [0.25, 0.3) is 0 Å². The molecule has 0 N–H and O–H groups in total. The molecule has 1 heterocycles. The Kier molecular flexibility index (Phi) is 10.8. The van der Waals surface area contributed by atoms with Crippen LogP contribution in [-0.2, 0) is 19.3 Å². The molecule has 0 spiro atoms. The molecule has 0 amide bonds. The molecule has 0 saturated heterocycles. The summed E-state index contributed by atoms with van der Waals surface area (Å²) in [6.45, 7) is 15.6. The number of fused-ring (bicyclic) bond motifs is 1. The van der Waals surface area contributed by atoms with E-state index in [-0.39, 0.29) is 0 Å². The quantitative estimate of drug-likeness (QED) is 0.232. The van der Waals surface area contributed by atoms with Gasteiger partial charge in [-0.15, -0.1) is 12.8 Å². The number of rotatable bonds is 5. The van der Waals surface area contributed by atoms with Gasteiger partial charge in [0, 0.05) is 5.92 Å². The molecule has 0 fully saturated rings. The zero-order valence-electron chi connectivity index (χ0n) is 24.5. The van der Waals surface area contributed by atoms with Crippen LogP contribution >= 0.6 is 8.58 Å². The second-order valence-corrected chi connectivity index (χ2v) is 11.9. The van der Waals surface area contributed by atoms with Gasteiger partial charge in [0.15, 0.2) is 0 Å². The predicted octanol–water partition coefficient (Wildman–Crippen LogP) is 9.42. The van der Waals surface area contributed by atoms with Crippen LogP contribution in [0.2, 0.25) is 0 Å². The van der Waals surface area contributed by atoms with Gasteiger partial charge in [0.05, 0.1) is 0 Å². The minimum absolute atomic E-state index is 0.578. The van der Waals surface area contributed by atoms with Crippen LogP contribution in [0.3, 0.4) is 0 Å². The van der Waals surface area contributed by atoms with Gasteiger partial charge in [-0.2, -0.15) is 0 Å². The molecule has 3 aromatic rings. The summed E-state index contributed by atoms with van der Waals surface area (Å²) >= 11 is 0. The first-order valence-corrected chi connectivity index (χ1v) is 15.3. The Bertz CT molecular complexity index is 1350. The standard InChI is InChI=1S/C25H29P.C10H14.C2H2/c1-5-18-9-10-21(13-19(18)6-2)24-15-26-25-17(4)12-22(14-23(24)25)20-8-7-16(3)11-20;1-4-10-6-5-8(2)7-9(10)3;1-2/h7-10,12-14,24,26H,5-6,11,15H2,1-4H3;5-7H,4H2,1-3H3;1-2H. The van der Waals surface area contributed by atoms with Crippen molar-refractivity contribution in [3.8, 4) is 12.8 Å². The lowest BCUT2D eigenvalue weighted by Gasteiger charge is -2.17. The monoisotopic (exact) mass is 520 g/mol. The molecule has 5 rings (SSSR count). The molecule has 2 atom stereocenters. The number of benzene rings is 3. The van der Waals surface area contributed by atoms with Crippen molar-refractivity contribution in [2.45, 2.75) is 80.1 Å². The Morgan fingerprint density at radius 3 is 2.03 bits per heavy atom. The minimum atomic E-state index is 0.578. The molecule has 1 aliphatic carbocycles. The van der Waals surface area contributed by atoms with Crippen molar-refractivity contribution >= 4 is 19.5 Å². The van der Waals surface area contributed by atoms with Crippen molar-refractivity contribution < 1.29 is 0 Å². The highest BCUT2D eigenvalue weighted by Gasteiger charge is 2.27. The number of aryl methyl sites for hydroxylation is 6. The first-order chi connectivity index (χ1) is 18.3. The van der Waals surface area contributed by atoms with Crippen molar-refractivity contribution in [2.24, 2.45) is 0 Å². The van der Waals surface area contributed by atoms with Crippen molar-refractivity contribution in [1.82, 2.24) is 0 Å². The fraction of sp³-hybridized carbons (Fsp3) is 0.351. The summed E-state index contributed by atoms with van der Waals surface area (Å²) in [4.78, 5) is 0. The molecule has 3 aromatic carbocycles. The molecule has 0 bridgehead atoms. The predicted molar refractivity (Wildman–Crippen MR) is 173 cm³/mol. The second-order valence-electron chi connectivity index (χ2n) is 10.6. The van der Waals surface area contributed by atoms with E-state index in [4.69, 9.17) is 0 Å². The van der Waals surface area contributed by atoms with Gasteiger partial charge in [-0.3, -0.25) is 0 Å². The highest BCUT2D eigenvalue weighted by Crippen LogP contribution is 2.42. The lowest BCUT2D eigenvalue weighted by Crippen LogP contribution is -2.08. The molecule has 198 valence electrons. The van der Waals surface area contributed by atoms with Crippen LogP contribution in [0, 0.1) is 33.6 Å². The van der Waals surface area contributed by atoms with E-state index in [1.165, 1.54) is 61.8 Å². The second kappa shape index (κ2) is 13.8. The highest BCUT2D eigenvalue weighted by atomic mass is 31.1. The van der Waals surface area contributed by atoms with Gasteiger partial charge in [-0.25, -0.2) is 0 Å². The lowest BCUT2D eigenvalue weighted by atomic mass is 9.87. The van der Waals surface area contributed by atoms with E-state index in [1.807, 2.05) is 0 Å². The topological polar surface area (TPSA) is 0 Å². The Hall–Kier alpha value is -2.87. The van der Waals surface area contributed by atoms with Crippen LogP contribution in [0.5, 0.6) is 0 Å². The number of hydrogen-bond donors (Lipinski definition) is 0. The third-order valence-electron chi connectivity index (χ3n) is 7.91. The van der Waals surface area contributed by atoms with Gasteiger partial charge in [-0.05, 0) is 115 Å². The van der Waals surface area contributed by atoms with E-state index >= 15 is 0 Å². The van der Waals surface area contributed by atoms with Crippen LogP contribution in [0.4, 0.5) is 0 Å². The summed E-state index contributed by atoms with van der Waals surface area (Å²) in [5, 5.41) is 1.62. The largest absolute Gasteiger partial charge is 0.124 e. The van der Waals surface area contributed by atoms with Gasteiger partial charge in [0.2, 0.25) is 0 Å². The van der Waals surface area contributed by atoms with Gasteiger partial charge >= 0.3 is 0 Å². The van der Waals surface area contributed by atoms with Crippen LogP contribution in [0.1, 0.15) is 90.1 Å². The molecule has 2 unspecified atom stereocenters. The Labute approximate surface area is 234 Å². The summed E-state index contributed by atoms with van der Waals surface area (Å²) in [5.41, 5.74) is 16.3. The van der Waals surface area contributed by atoms with E-state index in [9.17, 15) is 0 Å². The average molecular weight is 521 g/mol. The SMILES string of the molecule is C#C.CCc1ccc(C)cc1C.CCc1ccc(C2CPc3c(C)cc(C4=CC=C(C)C4)cc32)cc1CC. The van der Waals surface area contributed by atoms with E-state index in [1.54, 1.807) is 10.9 Å². The summed E-state index contributed by atoms with van der Waals surface area (Å²) in [5.74, 6) is 0.578. The minimum Gasteiger partial charge on any atom is -0.124 e. The molecular formula is C37H45P. The highest BCUT2D eigenvalue weighted by molar-refractivity contribution is 7.48. The molecule has 0 radical (unpaired) electrons. The fourth-order valence-corrected chi connectivity index (χ4v) is 7.43. The van der Waals surface area contributed by atoms with Crippen molar-refractivity contribution in [2.75, 3.05) is 6.16 Å². The maximum atomic E-state index is 4.00. The van der Waals surface area contributed by atoms with Crippen LogP contribution in [0.25, 0.3) is 5.57 Å². The first-order valence-electron chi connectivity index (χ1n) is 14.1. The Morgan fingerprint density at radius 1 is 0.737 bits per heavy atom.